The number of hydrogen-bond donors (Lipinski definition) is 2. The van der Waals surface area contributed by atoms with Crippen LogP contribution in [0.1, 0.15) is 29.8 Å². The molecular weight excluding hydrogens is 190 g/mol. The number of nitrogen functional groups attached to an aromatic ring is 1. The maximum absolute atomic E-state index is 12.0. The summed E-state index contributed by atoms with van der Waals surface area (Å²) in [5.74, 6) is 0.0100. The second kappa shape index (κ2) is 4.40. The highest BCUT2D eigenvalue weighted by Gasteiger charge is 2.22. The van der Waals surface area contributed by atoms with Gasteiger partial charge in [-0.05, 0) is 25.5 Å². The molecule has 1 aromatic rings. The number of hydrogen-bond acceptors (Lipinski definition) is 4. The Labute approximate surface area is 89.7 Å². The molecule has 2 atom stereocenters. The molecule has 0 bridgehead atoms. The first kappa shape index (κ1) is 11.7. The molecule has 2 unspecified atom stereocenters. The molecule has 0 radical (unpaired) electrons. The monoisotopic (exact) mass is 207 g/mol. The van der Waals surface area contributed by atoms with Crippen molar-refractivity contribution < 1.29 is 4.79 Å². The van der Waals surface area contributed by atoms with E-state index in [1.54, 1.807) is 19.2 Å². The molecule has 82 valence electrons. The van der Waals surface area contributed by atoms with Crippen molar-refractivity contribution in [1.82, 2.24) is 4.98 Å². The highest BCUT2D eigenvalue weighted by molar-refractivity contribution is 6.02. The first-order valence-electron chi connectivity index (χ1n) is 4.96. The fraction of sp³-hybridized carbons (Fsp3) is 0.455. The molecule has 4 N–H and O–H groups in total. The van der Waals surface area contributed by atoms with Gasteiger partial charge in [-0.1, -0.05) is 6.92 Å². The average molecular weight is 207 g/mol. The van der Waals surface area contributed by atoms with Crippen LogP contribution in [0, 0.1) is 12.8 Å². The Morgan fingerprint density at radius 3 is 2.53 bits per heavy atom. The number of Topliss-reactive ketones (excluding diaryl/α,β-unsaturated/α-hetero) is 1. The maximum Gasteiger partial charge on any atom is 0.171 e. The van der Waals surface area contributed by atoms with Gasteiger partial charge in [-0.15, -0.1) is 0 Å². The molecule has 4 heteroatoms. The Morgan fingerprint density at radius 1 is 1.47 bits per heavy atom. The van der Waals surface area contributed by atoms with Crippen molar-refractivity contribution in [1.29, 1.82) is 0 Å². The number of carbonyl (C=O) groups excluding carboxylic acids is 1. The molecule has 0 spiro atoms. The zero-order chi connectivity index (χ0) is 11.6. The topological polar surface area (TPSA) is 82.0 Å². The minimum Gasteiger partial charge on any atom is -0.383 e. The van der Waals surface area contributed by atoms with E-state index in [0.29, 0.717) is 5.56 Å². The minimum atomic E-state index is -0.241. The van der Waals surface area contributed by atoms with Crippen LogP contribution in [0.5, 0.6) is 0 Å². The van der Waals surface area contributed by atoms with E-state index in [2.05, 4.69) is 4.98 Å². The van der Waals surface area contributed by atoms with Crippen molar-refractivity contribution in [2.45, 2.75) is 26.8 Å². The summed E-state index contributed by atoms with van der Waals surface area (Å²) in [5.41, 5.74) is 12.7. The minimum absolute atomic E-state index is 0.0342. The fourth-order valence-corrected chi connectivity index (χ4v) is 1.37. The number of nitrogens with two attached hydrogens (primary N) is 2. The predicted molar refractivity (Wildman–Crippen MR) is 60.5 cm³/mol. The first-order chi connectivity index (χ1) is 6.95. The van der Waals surface area contributed by atoms with Crippen LogP contribution in [0.25, 0.3) is 0 Å². The molecular formula is C11H17N3O. The molecule has 0 fully saturated rings. The van der Waals surface area contributed by atoms with E-state index in [1.165, 1.54) is 0 Å². The highest BCUT2D eigenvalue weighted by Crippen LogP contribution is 2.19. The van der Waals surface area contributed by atoms with E-state index >= 15 is 0 Å². The molecule has 1 rings (SSSR count). The normalized spacial score (nSPS) is 14.7. The van der Waals surface area contributed by atoms with Crippen molar-refractivity contribution in [2.75, 3.05) is 5.73 Å². The summed E-state index contributed by atoms with van der Waals surface area (Å²) in [6, 6.07) is 1.59. The highest BCUT2D eigenvalue weighted by atomic mass is 16.1. The van der Waals surface area contributed by atoms with Gasteiger partial charge in [0.25, 0.3) is 0 Å². The summed E-state index contributed by atoms with van der Waals surface area (Å²) < 4.78 is 0. The third-order valence-electron chi connectivity index (χ3n) is 2.64. The van der Waals surface area contributed by atoms with E-state index in [9.17, 15) is 4.79 Å². The quantitative estimate of drug-likeness (QED) is 0.728. The number of aromatic nitrogens is 1. The zero-order valence-electron chi connectivity index (χ0n) is 9.32. The van der Waals surface area contributed by atoms with Crippen LogP contribution in [0.4, 0.5) is 5.82 Å². The van der Waals surface area contributed by atoms with Gasteiger partial charge in [0.2, 0.25) is 0 Å². The average Bonchev–Trinajstić information content (AvgIpc) is 2.15. The molecule has 0 aromatic carbocycles. The van der Waals surface area contributed by atoms with E-state index in [0.717, 1.165) is 5.56 Å². The largest absolute Gasteiger partial charge is 0.383 e. The molecule has 0 saturated carbocycles. The Hall–Kier alpha value is -1.42. The van der Waals surface area contributed by atoms with Gasteiger partial charge < -0.3 is 11.5 Å². The van der Waals surface area contributed by atoms with Crippen molar-refractivity contribution in [3.8, 4) is 0 Å². The van der Waals surface area contributed by atoms with Gasteiger partial charge in [0.1, 0.15) is 5.82 Å². The number of pyridine rings is 1. The molecule has 4 nitrogen and oxygen atoms in total. The third kappa shape index (κ3) is 2.33. The molecule has 1 heterocycles. The van der Waals surface area contributed by atoms with Gasteiger partial charge in [0.15, 0.2) is 5.78 Å². The van der Waals surface area contributed by atoms with Crippen LogP contribution >= 0.6 is 0 Å². The van der Waals surface area contributed by atoms with Crippen molar-refractivity contribution in [3.05, 3.63) is 23.4 Å². The summed E-state index contributed by atoms with van der Waals surface area (Å²) in [7, 11) is 0. The van der Waals surface area contributed by atoms with Gasteiger partial charge in [-0.3, -0.25) is 4.79 Å². The molecule has 0 aliphatic heterocycles. The number of carbonyl (C=O) groups is 1. The van der Waals surface area contributed by atoms with E-state index in [4.69, 9.17) is 11.5 Å². The summed E-state index contributed by atoms with van der Waals surface area (Å²) in [4.78, 5) is 15.9. The van der Waals surface area contributed by atoms with Gasteiger partial charge >= 0.3 is 0 Å². The molecule has 0 amide bonds. The predicted octanol–water partition coefficient (Wildman–Crippen LogP) is 1.14. The first-order valence-corrected chi connectivity index (χ1v) is 4.96. The second-order valence-electron chi connectivity index (χ2n) is 3.90. The lowest BCUT2D eigenvalue weighted by Gasteiger charge is -2.16. The van der Waals surface area contributed by atoms with Gasteiger partial charge in [-0.2, -0.15) is 0 Å². The molecule has 15 heavy (non-hydrogen) atoms. The van der Waals surface area contributed by atoms with Crippen molar-refractivity contribution in [3.63, 3.8) is 0 Å². The number of aryl methyl sites for hydroxylation is 1. The Balaban J connectivity index is 3.11. The van der Waals surface area contributed by atoms with Crippen LogP contribution in [0.15, 0.2) is 12.3 Å². The number of ketones is 1. The van der Waals surface area contributed by atoms with E-state index < -0.39 is 0 Å². The molecule has 0 aliphatic carbocycles. The second-order valence-corrected chi connectivity index (χ2v) is 3.90. The van der Waals surface area contributed by atoms with Gasteiger partial charge in [-0.25, -0.2) is 4.98 Å². The van der Waals surface area contributed by atoms with E-state index in [1.807, 2.05) is 13.8 Å². The SMILES string of the molecule is Cc1ccnc(N)c1C(=O)C(C)C(C)N. The smallest absolute Gasteiger partial charge is 0.171 e. The maximum atomic E-state index is 12.0. The van der Waals surface area contributed by atoms with Crippen molar-refractivity contribution in [2.24, 2.45) is 11.7 Å². The van der Waals surface area contributed by atoms with E-state index in [-0.39, 0.29) is 23.6 Å². The van der Waals surface area contributed by atoms with Gasteiger partial charge in [0, 0.05) is 18.2 Å². The Kier molecular flexibility index (Phi) is 3.42. The van der Waals surface area contributed by atoms with Crippen LogP contribution in [-0.4, -0.2) is 16.8 Å². The lowest BCUT2D eigenvalue weighted by molar-refractivity contribution is 0.0917. The number of nitrogens with zero attached hydrogens (tertiary/aromatic N) is 1. The lowest BCUT2D eigenvalue weighted by atomic mass is 9.92. The van der Waals surface area contributed by atoms with Crippen LogP contribution in [0.3, 0.4) is 0 Å². The third-order valence-corrected chi connectivity index (χ3v) is 2.64. The lowest BCUT2D eigenvalue weighted by Crippen LogP contribution is -2.31. The molecule has 1 aromatic heterocycles. The Bertz CT molecular complexity index is 354. The number of rotatable bonds is 3. The van der Waals surface area contributed by atoms with Crippen LogP contribution in [-0.2, 0) is 0 Å². The molecule has 0 saturated heterocycles. The number of anilines is 1. The van der Waals surface area contributed by atoms with Gasteiger partial charge in [0.05, 0.1) is 5.56 Å². The summed E-state index contributed by atoms with van der Waals surface area (Å²) in [6.07, 6.45) is 1.60. The molecule has 0 aliphatic rings. The van der Waals surface area contributed by atoms with Crippen LogP contribution < -0.4 is 11.5 Å². The Morgan fingerprint density at radius 2 is 2.07 bits per heavy atom. The fourth-order valence-electron chi connectivity index (χ4n) is 1.37. The summed E-state index contributed by atoms with van der Waals surface area (Å²) >= 11 is 0. The standard InChI is InChI=1S/C11H17N3O/c1-6-4-5-14-11(13)9(6)10(15)7(2)8(3)12/h4-5,7-8H,12H2,1-3H3,(H2,13,14). The van der Waals surface area contributed by atoms with Crippen LogP contribution in [0.2, 0.25) is 0 Å². The zero-order valence-corrected chi connectivity index (χ0v) is 9.32. The summed E-state index contributed by atoms with van der Waals surface area (Å²) in [5, 5.41) is 0. The van der Waals surface area contributed by atoms with Crippen molar-refractivity contribution >= 4 is 11.6 Å². The summed E-state index contributed by atoms with van der Waals surface area (Å²) in [6.45, 7) is 5.46.